The molecule has 0 amide bonds. The normalized spacial score (nSPS) is 9.80. The maximum atomic E-state index is 9.81. The number of ether oxygens (including phenoxy) is 1. The summed E-state index contributed by atoms with van der Waals surface area (Å²) < 4.78 is 4.09. The maximum absolute atomic E-state index is 9.81. The molecule has 0 aliphatic rings. The van der Waals surface area contributed by atoms with Crippen molar-refractivity contribution in [3.8, 4) is 0 Å². The third kappa shape index (κ3) is 10.2. The smallest absolute Gasteiger partial charge is 0.858 e. The molecule has 0 aromatic rings. The van der Waals surface area contributed by atoms with Crippen LogP contribution >= 0.6 is 0 Å². The number of rotatable bonds is 3. The number of carboxylic acid groups (broad SMARTS) is 1. The van der Waals surface area contributed by atoms with Gasteiger partial charge in [0.05, 0.1) is 12.2 Å². The Hall–Kier alpha value is -0.884. The summed E-state index contributed by atoms with van der Waals surface area (Å²) in [6.07, 6.45) is 0.607. The van der Waals surface area contributed by atoms with E-state index in [9.17, 15) is 15.0 Å². The van der Waals surface area contributed by atoms with Crippen molar-refractivity contribution in [1.29, 1.82) is 0 Å². The van der Waals surface area contributed by atoms with Crippen molar-refractivity contribution < 1.29 is 36.5 Å². The van der Waals surface area contributed by atoms with Crippen LogP contribution in [0.5, 0.6) is 0 Å². The first-order chi connectivity index (χ1) is 4.13. The van der Waals surface area contributed by atoms with E-state index in [1.165, 1.54) is 0 Å². The fraction of sp³-hybridized carbons (Fsp3) is 0.250. The molecule has 0 aromatic heterocycles. The zero-order chi connectivity index (χ0) is 7.28. The van der Waals surface area contributed by atoms with E-state index in [4.69, 9.17) is 0 Å². The van der Waals surface area contributed by atoms with Gasteiger partial charge in [-0.2, -0.15) is 0 Å². The van der Waals surface area contributed by atoms with E-state index in [-0.39, 0.29) is 16.8 Å². The van der Waals surface area contributed by atoms with Crippen LogP contribution in [0.4, 0.5) is 0 Å². The molecule has 0 aliphatic heterocycles. The molecule has 0 bridgehead atoms. The van der Waals surface area contributed by atoms with Gasteiger partial charge >= 0.3 is 16.8 Å². The van der Waals surface area contributed by atoms with Crippen molar-refractivity contribution in [2.75, 3.05) is 6.61 Å². The topological polar surface area (TPSA) is 98.4 Å². The molecule has 0 saturated carbocycles. The number of hydrogen-bond donors (Lipinski definition) is 1. The van der Waals surface area contributed by atoms with Crippen molar-refractivity contribution in [3.63, 3.8) is 0 Å². The molecule has 6 heteroatoms. The summed E-state index contributed by atoms with van der Waals surface area (Å²) >= 11 is 0. The second kappa shape index (κ2) is 6.24. The monoisotopic (exact) mass is 190 g/mol. The fourth-order valence-electron chi connectivity index (χ4n) is 0.192. The van der Waals surface area contributed by atoms with Gasteiger partial charge in [-0.05, 0) is 5.88 Å². The summed E-state index contributed by atoms with van der Waals surface area (Å²) in [6, 6.07) is 0. The number of hydrogen-bond acceptors (Lipinski definition) is 5. The Morgan fingerprint density at radius 2 is 2.10 bits per heavy atom. The maximum Gasteiger partial charge on any atom is 2.00 e. The van der Waals surface area contributed by atoms with Gasteiger partial charge in [-0.25, -0.2) is 0 Å². The Morgan fingerprint density at radius 1 is 1.60 bits per heavy atom. The molecule has 2 N–H and O–H groups in total. The Morgan fingerprint density at radius 3 is 2.40 bits per heavy atom. The van der Waals surface area contributed by atoms with Gasteiger partial charge in [0.2, 0.25) is 0 Å². The van der Waals surface area contributed by atoms with Crippen LogP contribution in [0, 0.1) is 0 Å². The number of carbonyl (C=O) groups is 1. The van der Waals surface area contributed by atoms with Crippen molar-refractivity contribution in [3.05, 3.63) is 12.1 Å². The summed E-state index contributed by atoms with van der Waals surface area (Å²) in [4.78, 5) is 9.57. The van der Waals surface area contributed by atoms with E-state index >= 15 is 0 Å². The van der Waals surface area contributed by atoms with E-state index in [1.807, 2.05) is 0 Å². The predicted octanol–water partition coefficient (Wildman–Crippen LogP) is -3.13. The predicted molar refractivity (Wildman–Crippen MR) is 23.2 cm³/mol. The molecular formula is C4H5CoNO4. The average molecular weight is 190 g/mol. The van der Waals surface area contributed by atoms with Crippen LogP contribution in [0.1, 0.15) is 0 Å². The van der Waals surface area contributed by atoms with Gasteiger partial charge in [0, 0.05) is 0 Å². The zero-order valence-electron chi connectivity index (χ0n) is 4.83. The van der Waals surface area contributed by atoms with Crippen molar-refractivity contribution >= 4 is 5.97 Å². The standard InChI is InChI=1S/C4H7NO4.Co/c5-3(6)1-9-2-4(7)8;/h1,6H,2,5H2,(H,7,8);/q;+2/p-2/b3-1-;. The fourth-order valence-corrected chi connectivity index (χ4v) is 0.192. The van der Waals surface area contributed by atoms with E-state index in [1.54, 1.807) is 0 Å². The first kappa shape index (κ1) is 11.9. The van der Waals surface area contributed by atoms with E-state index in [0.29, 0.717) is 6.26 Å². The molecule has 0 aliphatic carbocycles. The van der Waals surface area contributed by atoms with Crippen LogP contribution in [0.15, 0.2) is 12.1 Å². The molecule has 0 unspecified atom stereocenters. The van der Waals surface area contributed by atoms with Gasteiger partial charge in [-0.3, -0.25) is 0 Å². The second-order valence-corrected chi connectivity index (χ2v) is 1.20. The van der Waals surface area contributed by atoms with Gasteiger partial charge in [-0.15, -0.1) is 0 Å². The van der Waals surface area contributed by atoms with E-state index in [2.05, 4.69) is 10.5 Å². The van der Waals surface area contributed by atoms with E-state index < -0.39 is 18.5 Å². The first-order valence-electron chi connectivity index (χ1n) is 2.07. The summed E-state index contributed by atoms with van der Waals surface area (Å²) in [5, 5.41) is 19.4. The molecule has 0 spiro atoms. The first-order valence-corrected chi connectivity index (χ1v) is 2.07. The Labute approximate surface area is 67.7 Å². The molecule has 0 atom stereocenters. The van der Waals surface area contributed by atoms with Gasteiger partial charge in [0.25, 0.3) is 0 Å². The molecule has 5 nitrogen and oxygen atoms in total. The Bertz CT molecular complexity index is 131. The van der Waals surface area contributed by atoms with Crippen LogP contribution < -0.4 is 15.9 Å². The summed E-state index contributed by atoms with van der Waals surface area (Å²) in [5.41, 5.74) is 4.55. The summed E-state index contributed by atoms with van der Waals surface area (Å²) in [6.45, 7) is -0.650. The van der Waals surface area contributed by atoms with Crippen LogP contribution in [0.2, 0.25) is 0 Å². The van der Waals surface area contributed by atoms with Gasteiger partial charge < -0.3 is 25.5 Å². The van der Waals surface area contributed by atoms with E-state index in [0.717, 1.165) is 0 Å². The molecule has 0 fully saturated rings. The third-order valence-electron chi connectivity index (χ3n) is 0.401. The third-order valence-corrected chi connectivity index (χ3v) is 0.401. The number of carboxylic acids is 1. The molecule has 0 saturated heterocycles. The quantitative estimate of drug-likeness (QED) is 0.474. The zero-order valence-corrected chi connectivity index (χ0v) is 5.87. The number of aliphatic carboxylic acids is 1. The molecule has 10 heavy (non-hydrogen) atoms. The molecule has 59 valence electrons. The summed E-state index contributed by atoms with van der Waals surface area (Å²) in [5.74, 6) is -2.22. The minimum absolute atomic E-state index is 0. The van der Waals surface area contributed by atoms with Crippen molar-refractivity contribution in [2.45, 2.75) is 0 Å². The van der Waals surface area contributed by atoms with Crippen molar-refractivity contribution in [2.24, 2.45) is 5.73 Å². The molecule has 0 aromatic carbocycles. The molecule has 0 heterocycles. The second-order valence-electron chi connectivity index (χ2n) is 1.20. The molecule has 1 radical (unpaired) electrons. The largest absolute Gasteiger partial charge is 2.00 e. The average Bonchev–Trinajstić information content (AvgIpc) is 1.63. The van der Waals surface area contributed by atoms with Crippen molar-refractivity contribution in [1.82, 2.24) is 0 Å². The van der Waals surface area contributed by atoms with Gasteiger partial charge in [0.15, 0.2) is 0 Å². The van der Waals surface area contributed by atoms with Crippen LogP contribution in [-0.2, 0) is 26.3 Å². The molecular weight excluding hydrogens is 185 g/mol. The number of carbonyl (C=O) groups excluding carboxylic acids is 1. The SMILES string of the molecule is N/C([O-])=C/OCC(=O)[O-].[Co+2]. The van der Waals surface area contributed by atoms with Crippen LogP contribution in [-0.4, -0.2) is 12.6 Å². The van der Waals surface area contributed by atoms with Crippen LogP contribution in [0.3, 0.4) is 0 Å². The van der Waals surface area contributed by atoms with Gasteiger partial charge in [0.1, 0.15) is 6.61 Å². The van der Waals surface area contributed by atoms with Gasteiger partial charge in [-0.1, -0.05) is 0 Å². The Kier molecular flexibility index (Phi) is 7.40. The number of nitrogens with two attached hydrogens (primary N) is 1. The van der Waals surface area contributed by atoms with Crippen LogP contribution in [0.25, 0.3) is 0 Å². The summed E-state index contributed by atoms with van der Waals surface area (Å²) in [7, 11) is 0. The minimum Gasteiger partial charge on any atom is -0.858 e. The minimum atomic E-state index is -1.40. The Balaban J connectivity index is 0. The molecule has 0 rings (SSSR count).